The molecule has 3 aromatic carbocycles. The molecule has 4 rings (SSSR count). The van der Waals surface area contributed by atoms with Crippen molar-refractivity contribution in [3.05, 3.63) is 101 Å². The van der Waals surface area contributed by atoms with Gasteiger partial charge in [0.25, 0.3) is 5.91 Å². The molecule has 0 aliphatic carbocycles. The highest BCUT2D eigenvalue weighted by Crippen LogP contribution is 2.33. The summed E-state index contributed by atoms with van der Waals surface area (Å²) >= 11 is 1.38. The van der Waals surface area contributed by atoms with Crippen molar-refractivity contribution in [2.75, 3.05) is 7.05 Å². The van der Waals surface area contributed by atoms with E-state index in [0.29, 0.717) is 16.7 Å². The van der Waals surface area contributed by atoms with Crippen molar-refractivity contribution in [3.8, 4) is 5.75 Å². The van der Waals surface area contributed by atoms with Gasteiger partial charge in [-0.05, 0) is 53.2 Å². The number of thioether (sulfide) groups is 1. The van der Waals surface area contributed by atoms with E-state index in [9.17, 15) is 4.79 Å². The van der Waals surface area contributed by atoms with E-state index in [1.807, 2.05) is 91.0 Å². The first-order valence-corrected chi connectivity index (χ1v) is 10.1. The van der Waals surface area contributed by atoms with Gasteiger partial charge in [0.05, 0.1) is 10.6 Å². The molecule has 0 atom stereocenters. The van der Waals surface area contributed by atoms with E-state index in [-0.39, 0.29) is 5.91 Å². The first-order valence-electron chi connectivity index (χ1n) is 9.27. The lowest BCUT2D eigenvalue weighted by atomic mass is 10.2. The molecule has 0 saturated carbocycles. The normalized spacial score (nSPS) is 16.6. The molecule has 4 nitrogen and oxygen atoms in total. The minimum Gasteiger partial charge on any atom is -0.489 e. The van der Waals surface area contributed by atoms with Gasteiger partial charge in [-0.15, -0.1) is 0 Å². The Morgan fingerprint density at radius 2 is 1.59 bits per heavy atom. The van der Waals surface area contributed by atoms with Crippen LogP contribution in [0.1, 0.15) is 11.1 Å². The summed E-state index contributed by atoms with van der Waals surface area (Å²) in [4.78, 5) is 19.4. The van der Waals surface area contributed by atoms with Crippen molar-refractivity contribution in [1.29, 1.82) is 0 Å². The van der Waals surface area contributed by atoms with Crippen LogP contribution in [0.4, 0.5) is 5.69 Å². The number of carbonyl (C=O) groups is 1. The zero-order chi connectivity index (χ0) is 20.1. The maximum Gasteiger partial charge on any atom is 0.266 e. The summed E-state index contributed by atoms with van der Waals surface area (Å²) in [5.41, 5.74) is 2.90. The Balaban J connectivity index is 1.45. The molecule has 1 amide bonds. The number of hydrogen-bond acceptors (Lipinski definition) is 4. The summed E-state index contributed by atoms with van der Waals surface area (Å²) in [6, 6.07) is 27.4. The van der Waals surface area contributed by atoms with Crippen LogP contribution in [0.5, 0.6) is 5.75 Å². The molecule has 1 saturated heterocycles. The first kappa shape index (κ1) is 19.0. The number of likely N-dealkylation sites (N-methyl/N-ethyl adjacent to an activating group) is 1. The van der Waals surface area contributed by atoms with E-state index in [2.05, 4.69) is 4.99 Å². The number of hydrogen-bond donors (Lipinski definition) is 0. The minimum absolute atomic E-state index is 0.0471. The Kier molecular flexibility index (Phi) is 5.77. The van der Waals surface area contributed by atoms with Crippen molar-refractivity contribution in [2.24, 2.45) is 4.99 Å². The number of rotatable bonds is 5. The number of amides is 1. The molecule has 3 aromatic rings. The summed E-state index contributed by atoms with van der Waals surface area (Å²) in [6.07, 6.45) is 1.89. The third-order valence-electron chi connectivity index (χ3n) is 4.41. The smallest absolute Gasteiger partial charge is 0.266 e. The number of carbonyl (C=O) groups excluding carboxylic acids is 1. The van der Waals surface area contributed by atoms with Gasteiger partial charge in [-0.25, -0.2) is 4.99 Å². The molecular weight excluding hydrogens is 380 g/mol. The topological polar surface area (TPSA) is 41.9 Å². The minimum atomic E-state index is -0.0471. The van der Waals surface area contributed by atoms with Gasteiger partial charge < -0.3 is 4.74 Å². The predicted octanol–water partition coefficient (Wildman–Crippen LogP) is 5.50. The molecular formula is C24H20N2O2S. The highest BCUT2D eigenvalue weighted by Gasteiger charge is 2.30. The number of para-hydroxylation sites is 1. The lowest BCUT2D eigenvalue weighted by Crippen LogP contribution is -2.23. The Morgan fingerprint density at radius 3 is 2.28 bits per heavy atom. The molecule has 1 aliphatic rings. The van der Waals surface area contributed by atoms with E-state index in [1.54, 1.807) is 11.9 Å². The van der Waals surface area contributed by atoms with Gasteiger partial charge in [0.2, 0.25) is 0 Å². The molecule has 5 heteroatoms. The summed E-state index contributed by atoms with van der Waals surface area (Å²) < 4.78 is 5.82. The second-order valence-corrected chi connectivity index (χ2v) is 7.56. The fourth-order valence-electron chi connectivity index (χ4n) is 2.82. The molecule has 0 N–H and O–H groups in total. The average molecular weight is 401 g/mol. The zero-order valence-electron chi connectivity index (χ0n) is 16.0. The summed E-state index contributed by atoms with van der Waals surface area (Å²) in [5, 5.41) is 0.676. The lowest BCUT2D eigenvalue weighted by Gasteiger charge is -2.07. The third kappa shape index (κ3) is 4.76. The number of nitrogens with zero attached hydrogens (tertiary/aromatic N) is 2. The van der Waals surface area contributed by atoms with Crippen molar-refractivity contribution in [1.82, 2.24) is 4.90 Å². The predicted molar refractivity (Wildman–Crippen MR) is 119 cm³/mol. The number of ether oxygens (including phenoxy) is 1. The third-order valence-corrected chi connectivity index (χ3v) is 5.47. The molecule has 29 heavy (non-hydrogen) atoms. The molecule has 144 valence electrons. The van der Waals surface area contributed by atoms with E-state index in [0.717, 1.165) is 22.6 Å². The Hall–Kier alpha value is -3.31. The van der Waals surface area contributed by atoms with Gasteiger partial charge in [-0.2, -0.15) is 0 Å². The van der Waals surface area contributed by atoms with E-state index < -0.39 is 0 Å². The SMILES string of the molecule is CN1C(=O)/C(=C\c2ccc(OCc3ccccc3)cc2)SC1=Nc1ccccc1. The summed E-state index contributed by atoms with van der Waals surface area (Å²) in [7, 11) is 1.75. The van der Waals surface area contributed by atoms with E-state index in [4.69, 9.17) is 4.74 Å². The van der Waals surface area contributed by atoms with Crippen molar-refractivity contribution in [3.63, 3.8) is 0 Å². The highest BCUT2D eigenvalue weighted by molar-refractivity contribution is 8.18. The molecule has 0 unspecified atom stereocenters. The molecule has 0 bridgehead atoms. The Morgan fingerprint density at radius 1 is 0.931 bits per heavy atom. The average Bonchev–Trinajstić information content (AvgIpc) is 3.02. The van der Waals surface area contributed by atoms with Crippen LogP contribution in [0.2, 0.25) is 0 Å². The van der Waals surface area contributed by atoms with Crippen molar-refractivity contribution >= 4 is 34.6 Å². The maximum atomic E-state index is 12.6. The second kappa shape index (κ2) is 8.80. The maximum absolute atomic E-state index is 12.6. The first-order chi connectivity index (χ1) is 14.2. The number of aliphatic imine (C=N–C) groups is 1. The second-order valence-electron chi connectivity index (χ2n) is 6.55. The van der Waals surface area contributed by atoms with Gasteiger partial charge in [0.15, 0.2) is 5.17 Å². The van der Waals surface area contributed by atoms with Gasteiger partial charge in [0.1, 0.15) is 12.4 Å². The quantitative estimate of drug-likeness (QED) is 0.531. The largest absolute Gasteiger partial charge is 0.489 e. The molecule has 0 aromatic heterocycles. The van der Waals surface area contributed by atoms with Crippen LogP contribution in [-0.4, -0.2) is 23.0 Å². The van der Waals surface area contributed by atoms with Crippen LogP contribution in [0.25, 0.3) is 6.08 Å². The van der Waals surface area contributed by atoms with Crippen molar-refractivity contribution in [2.45, 2.75) is 6.61 Å². The summed E-state index contributed by atoms with van der Waals surface area (Å²) in [6.45, 7) is 0.527. The van der Waals surface area contributed by atoms with Crippen molar-refractivity contribution < 1.29 is 9.53 Å². The van der Waals surface area contributed by atoms with Gasteiger partial charge in [0, 0.05) is 7.05 Å². The van der Waals surface area contributed by atoms with Crippen LogP contribution >= 0.6 is 11.8 Å². The monoisotopic (exact) mass is 400 g/mol. The standard InChI is InChI=1S/C24H20N2O2S/c1-26-23(27)22(29-24(26)25-20-10-6-3-7-11-20)16-18-12-14-21(15-13-18)28-17-19-8-4-2-5-9-19/h2-16H,17H2,1H3/b22-16+,25-24?. The molecule has 0 spiro atoms. The van der Waals surface area contributed by atoms with Gasteiger partial charge in [-0.1, -0.05) is 60.7 Å². The molecule has 0 radical (unpaired) electrons. The fourth-order valence-corrected chi connectivity index (χ4v) is 3.80. The highest BCUT2D eigenvalue weighted by atomic mass is 32.2. The van der Waals surface area contributed by atoms with Crippen LogP contribution in [0.3, 0.4) is 0 Å². The lowest BCUT2D eigenvalue weighted by molar-refractivity contribution is -0.121. The Labute approximate surface area is 174 Å². The molecule has 1 aliphatic heterocycles. The zero-order valence-corrected chi connectivity index (χ0v) is 16.8. The fraction of sp³-hybridized carbons (Fsp3) is 0.0833. The Bertz CT molecular complexity index is 1050. The molecule has 1 heterocycles. The van der Waals surface area contributed by atoms with Crippen LogP contribution in [-0.2, 0) is 11.4 Å². The van der Waals surface area contributed by atoms with Crippen LogP contribution in [0, 0.1) is 0 Å². The van der Waals surface area contributed by atoms with Gasteiger partial charge >= 0.3 is 0 Å². The van der Waals surface area contributed by atoms with E-state index >= 15 is 0 Å². The molecule has 1 fully saturated rings. The number of amidine groups is 1. The van der Waals surface area contributed by atoms with Crippen LogP contribution < -0.4 is 4.74 Å². The van der Waals surface area contributed by atoms with E-state index in [1.165, 1.54) is 11.8 Å². The van der Waals surface area contributed by atoms with Crippen LogP contribution in [0.15, 0.2) is 94.8 Å². The number of benzene rings is 3. The van der Waals surface area contributed by atoms with Gasteiger partial charge in [-0.3, -0.25) is 9.69 Å². The summed E-state index contributed by atoms with van der Waals surface area (Å²) in [5.74, 6) is 0.749.